The van der Waals surface area contributed by atoms with Crippen LogP contribution in [0.2, 0.25) is 0 Å². The second-order valence-electron chi connectivity index (χ2n) is 6.87. The Bertz CT molecular complexity index is 726. The van der Waals surface area contributed by atoms with Crippen LogP contribution in [0.4, 0.5) is 5.69 Å². The van der Waals surface area contributed by atoms with Gasteiger partial charge in [0.1, 0.15) is 5.75 Å². The van der Waals surface area contributed by atoms with Crippen molar-refractivity contribution in [1.82, 2.24) is 0 Å². The molecule has 0 heterocycles. The largest absolute Gasteiger partial charge is 0.492 e. The molecule has 2 aromatic carbocycles. The van der Waals surface area contributed by atoms with Crippen molar-refractivity contribution in [2.75, 3.05) is 11.9 Å². The number of rotatable bonds is 7. The van der Waals surface area contributed by atoms with Crippen LogP contribution in [0.5, 0.6) is 5.75 Å². The lowest BCUT2D eigenvalue weighted by atomic mass is 10.0. The van der Waals surface area contributed by atoms with Crippen LogP contribution in [-0.2, 0) is 0 Å². The van der Waals surface area contributed by atoms with Crippen molar-refractivity contribution in [3.63, 3.8) is 0 Å². The van der Waals surface area contributed by atoms with E-state index in [-0.39, 0.29) is 5.91 Å². The van der Waals surface area contributed by atoms with Gasteiger partial charge in [-0.3, -0.25) is 4.79 Å². The van der Waals surface area contributed by atoms with Gasteiger partial charge in [-0.2, -0.15) is 0 Å². The van der Waals surface area contributed by atoms with E-state index in [0.717, 1.165) is 27.9 Å². The molecule has 25 heavy (non-hydrogen) atoms. The van der Waals surface area contributed by atoms with E-state index >= 15 is 0 Å². The molecule has 134 valence electrons. The Hall–Kier alpha value is -1.81. The number of ether oxygens (including phenoxy) is 1. The molecule has 0 saturated carbocycles. The molecular formula is C21H26BrNO2. The lowest BCUT2D eigenvalue weighted by molar-refractivity contribution is 0.102. The number of anilines is 1. The van der Waals surface area contributed by atoms with Gasteiger partial charge in [-0.05, 0) is 64.0 Å². The third kappa shape index (κ3) is 5.60. The molecule has 0 aliphatic carbocycles. The van der Waals surface area contributed by atoms with Crippen LogP contribution < -0.4 is 10.1 Å². The fourth-order valence-corrected chi connectivity index (χ4v) is 2.97. The summed E-state index contributed by atoms with van der Waals surface area (Å²) in [4.78, 5) is 12.6. The highest BCUT2D eigenvalue weighted by Crippen LogP contribution is 2.28. The van der Waals surface area contributed by atoms with E-state index in [1.165, 1.54) is 0 Å². The highest BCUT2D eigenvalue weighted by molar-refractivity contribution is 9.10. The third-order valence-corrected chi connectivity index (χ3v) is 4.60. The van der Waals surface area contributed by atoms with Crippen molar-refractivity contribution in [3.05, 3.63) is 58.1 Å². The van der Waals surface area contributed by atoms with E-state index in [1.54, 1.807) is 12.1 Å². The second-order valence-corrected chi connectivity index (χ2v) is 7.73. The van der Waals surface area contributed by atoms with Gasteiger partial charge in [0.25, 0.3) is 5.91 Å². The van der Waals surface area contributed by atoms with E-state index < -0.39 is 0 Å². The standard InChI is InChI=1S/C21H26BrNO2/c1-14(2)11-12-25-20-10-9-16(13-18(20)22)21(24)23-19-8-6-5-7-17(19)15(3)4/h5-10,13-15H,11-12H2,1-4H3,(H,23,24). The normalized spacial score (nSPS) is 11.0. The summed E-state index contributed by atoms with van der Waals surface area (Å²) in [6.45, 7) is 9.24. The molecule has 0 aromatic heterocycles. The zero-order valence-electron chi connectivity index (χ0n) is 15.3. The van der Waals surface area contributed by atoms with Crippen molar-refractivity contribution >= 4 is 27.5 Å². The van der Waals surface area contributed by atoms with E-state index in [1.807, 2.05) is 30.3 Å². The number of hydrogen-bond donors (Lipinski definition) is 1. The van der Waals surface area contributed by atoms with Crippen molar-refractivity contribution in [2.45, 2.75) is 40.0 Å². The van der Waals surface area contributed by atoms with E-state index in [0.29, 0.717) is 24.0 Å². The molecule has 0 aliphatic heterocycles. The molecule has 0 atom stereocenters. The summed E-state index contributed by atoms with van der Waals surface area (Å²) in [7, 11) is 0. The quantitative estimate of drug-likeness (QED) is 0.592. The molecule has 2 rings (SSSR count). The Morgan fingerprint density at radius 1 is 1.12 bits per heavy atom. The molecule has 3 nitrogen and oxygen atoms in total. The molecule has 1 amide bonds. The minimum absolute atomic E-state index is 0.123. The molecular weight excluding hydrogens is 378 g/mol. The molecule has 0 spiro atoms. The Morgan fingerprint density at radius 2 is 1.84 bits per heavy atom. The number of benzene rings is 2. The Kier molecular flexibility index (Phi) is 7.06. The van der Waals surface area contributed by atoms with Crippen molar-refractivity contribution in [1.29, 1.82) is 0 Å². The topological polar surface area (TPSA) is 38.3 Å². The molecule has 0 fully saturated rings. The fourth-order valence-electron chi connectivity index (χ4n) is 2.47. The lowest BCUT2D eigenvalue weighted by Gasteiger charge is -2.14. The molecule has 0 radical (unpaired) electrons. The molecule has 1 N–H and O–H groups in total. The van der Waals surface area contributed by atoms with Gasteiger partial charge >= 0.3 is 0 Å². The number of halogens is 1. The van der Waals surface area contributed by atoms with Crippen LogP contribution in [-0.4, -0.2) is 12.5 Å². The van der Waals surface area contributed by atoms with Crippen molar-refractivity contribution in [2.24, 2.45) is 5.92 Å². The summed E-state index contributed by atoms with van der Waals surface area (Å²) in [6.07, 6.45) is 1.00. The zero-order chi connectivity index (χ0) is 18.4. The number of amides is 1. The second kappa shape index (κ2) is 9.04. The zero-order valence-corrected chi connectivity index (χ0v) is 16.9. The molecule has 0 saturated heterocycles. The first-order valence-corrected chi connectivity index (χ1v) is 9.50. The Balaban J connectivity index is 2.09. The average molecular weight is 404 g/mol. The van der Waals surface area contributed by atoms with Gasteiger partial charge in [-0.25, -0.2) is 0 Å². The molecule has 4 heteroatoms. The maximum Gasteiger partial charge on any atom is 0.255 e. The number of hydrogen-bond acceptors (Lipinski definition) is 2. The van der Waals surface area contributed by atoms with Crippen molar-refractivity contribution < 1.29 is 9.53 Å². The smallest absolute Gasteiger partial charge is 0.255 e. The summed E-state index contributed by atoms with van der Waals surface area (Å²) in [6, 6.07) is 13.3. The van der Waals surface area contributed by atoms with E-state index in [9.17, 15) is 4.79 Å². The van der Waals surface area contributed by atoms with E-state index in [2.05, 4.69) is 48.9 Å². The average Bonchev–Trinajstić information content (AvgIpc) is 2.56. The first-order valence-electron chi connectivity index (χ1n) is 8.71. The lowest BCUT2D eigenvalue weighted by Crippen LogP contribution is -2.14. The predicted molar refractivity (Wildman–Crippen MR) is 108 cm³/mol. The fraction of sp³-hybridized carbons (Fsp3) is 0.381. The highest BCUT2D eigenvalue weighted by Gasteiger charge is 2.13. The number of carbonyl (C=O) groups excluding carboxylic acids is 1. The van der Waals surface area contributed by atoms with Gasteiger partial charge in [-0.15, -0.1) is 0 Å². The van der Waals surface area contributed by atoms with Gasteiger partial charge in [0.15, 0.2) is 0 Å². The van der Waals surface area contributed by atoms with Crippen LogP contribution in [0, 0.1) is 5.92 Å². The summed E-state index contributed by atoms with van der Waals surface area (Å²) < 4.78 is 6.57. The van der Waals surface area contributed by atoms with E-state index in [4.69, 9.17) is 4.74 Å². The third-order valence-electron chi connectivity index (χ3n) is 3.98. The number of para-hydroxylation sites is 1. The minimum Gasteiger partial charge on any atom is -0.492 e. The Morgan fingerprint density at radius 3 is 2.48 bits per heavy atom. The van der Waals surface area contributed by atoms with Crippen LogP contribution >= 0.6 is 15.9 Å². The van der Waals surface area contributed by atoms with Gasteiger partial charge in [0.2, 0.25) is 0 Å². The highest BCUT2D eigenvalue weighted by atomic mass is 79.9. The summed E-state index contributed by atoms with van der Waals surface area (Å²) >= 11 is 3.50. The van der Waals surface area contributed by atoms with Crippen LogP contribution in [0.3, 0.4) is 0 Å². The summed E-state index contributed by atoms with van der Waals surface area (Å²) in [5.74, 6) is 1.59. The van der Waals surface area contributed by atoms with Gasteiger partial charge < -0.3 is 10.1 Å². The van der Waals surface area contributed by atoms with Crippen LogP contribution in [0.15, 0.2) is 46.9 Å². The monoisotopic (exact) mass is 403 g/mol. The SMILES string of the molecule is CC(C)CCOc1ccc(C(=O)Nc2ccccc2C(C)C)cc1Br. The number of nitrogens with one attached hydrogen (secondary N) is 1. The predicted octanol–water partition coefficient (Wildman–Crippen LogP) is 6.25. The van der Waals surface area contributed by atoms with Crippen LogP contribution in [0.1, 0.15) is 56.0 Å². The van der Waals surface area contributed by atoms with Gasteiger partial charge in [-0.1, -0.05) is 45.9 Å². The first kappa shape index (κ1) is 19.5. The first-order chi connectivity index (χ1) is 11.9. The van der Waals surface area contributed by atoms with Gasteiger partial charge in [0, 0.05) is 11.3 Å². The summed E-state index contributed by atoms with van der Waals surface area (Å²) in [5, 5.41) is 3.01. The molecule has 0 unspecified atom stereocenters. The maximum atomic E-state index is 12.6. The molecule has 2 aromatic rings. The Labute approximate surface area is 158 Å². The number of carbonyl (C=O) groups is 1. The van der Waals surface area contributed by atoms with Crippen LogP contribution in [0.25, 0.3) is 0 Å². The maximum absolute atomic E-state index is 12.6. The minimum atomic E-state index is -0.123. The molecule has 0 bridgehead atoms. The van der Waals surface area contributed by atoms with Crippen molar-refractivity contribution in [3.8, 4) is 5.75 Å². The molecule has 0 aliphatic rings. The van der Waals surface area contributed by atoms with Gasteiger partial charge in [0.05, 0.1) is 11.1 Å². The summed E-state index contributed by atoms with van der Waals surface area (Å²) in [5.41, 5.74) is 2.58.